The number of urea groups is 1. The zero-order valence-electron chi connectivity index (χ0n) is 16.1. The largest absolute Gasteiger partial charge is 0.508 e. The van der Waals surface area contributed by atoms with Crippen molar-refractivity contribution in [3.8, 4) is 5.75 Å². The van der Waals surface area contributed by atoms with E-state index in [9.17, 15) is 33.0 Å². The molecule has 1 spiro atoms. The number of phenols is 1. The molecule has 5 rings (SSSR count). The molecule has 30 heavy (non-hydrogen) atoms. The Hall–Kier alpha value is -2.33. The molecule has 1 aromatic rings. The van der Waals surface area contributed by atoms with Gasteiger partial charge in [-0.25, -0.2) is 4.79 Å². The van der Waals surface area contributed by atoms with Gasteiger partial charge in [0.15, 0.2) is 0 Å². The number of aliphatic hydroxyl groups is 1. The maximum atomic E-state index is 13.2. The van der Waals surface area contributed by atoms with Crippen molar-refractivity contribution in [2.45, 2.75) is 60.9 Å². The molecule has 3 fully saturated rings. The fraction of sp³-hybridized carbons (Fsp3) is 0.600. The minimum absolute atomic E-state index is 0.0128. The lowest BCUT2D eigenvalue weighted by Gasteiger charge is -2.65. The Kier molecular flexibility index (Phi) is 3.85. The first-order chi connectivity index (χ1) is 14.0. The number of phenolic OH excluding ortho intramolecular Hbond substituents is 1. The molecule has 2 saturated heterocycles. The van der Waals surface area contributed by atoms with E-state index in [1.54, 1.807) is 12.1 Å². The summed E-state index contributed by atoms with van der Waals surface area (Å²) in [5, 5.41) is 27.0. The number of benzene rings is 1. The van der Waals surface area contributed by atoms with Crippen LogP contribution in [0.25, 0.3) is 0 Å². The van der Waals surface area contributed by atoms with E-state index < -0.39 is 47.3 Å². The molecule has 4 aliphatic rings. The summed E-state index contributed by atoms with van der Waals surface area (Å²) in [6, 6.07) is 3.31. The van der Waals surface area contributed by atoms with E-state index in [0.717, 1.165) is 5.56 Å². The molecule has 2 aliphatic heterocycles. The Morgan fingerprint density at radius 3 is 2.63 bits per heavy atom. The van der Waals surface area contributed by atoms with Crippen LogP contribution in [0.3, 0.4) is 0 Å². The van der Waals surface area contributed by atoms with E-state index >= 15 is 0 Å². The summed E-state index contributed by atoms with van der Waals surface area (Å²) in [7, 11) is 0. The zero-order valence-corrected chi connectivity index (χ0v) is 16.1. The van der Waals surface area contributed by atoms with Crippen LogP contribution in [-0.4, -0.2) is 63.5 Å². The van der Waals surface area contributed by atoms with Crippen LogP contribution in [0.5, 0.6) is 5.75 Å². The Bertz CT molecular complexity index is 954. The second-order valence-corrected chi connectivity index (χ2v) is 9.07. The standard InChI is InChI=1S/C20H22F3N3O4/c21-20(22,23)10-26-6-5-17-9-18(15(28)24-16(29)25-18)3-4-19(17,30)14(26)7-11-1-2-12(27)8-13(11)17/h1-2,8,14,27,30H,3-7,9-10H2,(H2,24,25,28,29)/t14-,17-,18+,19-/m1/s1. The molecular weight excluding hydrogens is 403 g/mol. The van der Waals surface area contributed by atoms with Crippen LogP contribution in [-0.2, 0) is 16.6 Å². The molecule has 4 atom stereocenters. The smallest absolute Gasteiger partial charge is 0.401 e. The number of fused-ring (bicyclic) bond motifs is 1. The van der Waals surface area contributed by atoms with Gasteiger partial charge in [0.05, 0.1) is 12.1 Å². The van der Waals surface area contributed by atoms with Gasteiger partial charge in [0, 0.05) is 11.5 Å². The molecule has 162 valence electrons. The van der Waals surface area contributed by atoms with Gasteiger partial charge in [-0.1, -0.05) is 6.07 Å². The van der Waals surface area contributed by atoms with Crippen LogP contribution >= 0.6 is 0 Å². The number of imide groups is 1. The fourth-order valence-electron chi connectivity index (χ4n) is 6.39. The number of alkyl halides is 3. The third-order valence-electron chi connectivity index (χ3n) is 7.60. The molecule has 0 radical (unpaired) electrons. The minimum Gasteiger partial charge on any atom is -0.508 e. The van der Waals surface area contributed by atoms with Crippen molar-refractivity contribution in [1.29, 1.82) is 0 Å². The summed E-state index contributed by atoms with van der Waals surface area (Å²) in [6.07, 6.45) is -3.74. The quantitative estimate of drug-likeness (QED) is 0.509. The van der Waals surface area contributed by atoms with Crippen molar-refractivity contribution < 1.29 is 33.0 Å². The lowest BCUT2D eigenvalue weighted by Crippen LogP contribution is -2.76. The summed E-state index contributed by atoms with van der Waals surface area (Å²) in [4.78, 5) is 25.8. The van der Waals surface area contributed by atoms with Crippen LogP contribution in [0.15, 0.2) is 18.2 Å². The Morgan fingerprint density at radius 2 is 1.97 bits per heavy atom. The number of aromatic hydroxyl groups is 1. The highest BCUT2D eigenvalue weighted by molar-refractivity contribution is 6.07. The maximum absolute atomic E-state index is 13.2. The first-order valence-corrected chi connectivity index (χ1v) is 9.97. The maximum Gasteiger partial charge on any atom is 0.401 e. The topological polar surface area (TPSA) is 102 Å². The molecule has 2 bridgehead atoms. The third kappa shape index (κ3) is 2.52. The molecule has 4 N–H and O–H groups in total. The number of hydrogen-bond acceptors (Lipinski definition) is 5. The number of carbonyl (C=O) groups excluding carboxylic acids is 2. The Balaban J connectivity index is 1.65. The summed E-state index contributed by atoms with van der Waals surface area (Å²) in [5.41, 5.74) is -2.40. The average Bonchev–Trinajstić information content (AvgIpc) is 2.91. The number of likely N-dealkylation sites (tertiary alicyclic amines) is 1. The van der Waals surface area contributed by atoms with Gasteiger partial charge in [-0.05, 0) is 61.9 Å². The van der Waals surface area contributed by atoms with Crippen molar-refractivity contribution in [1.82, 2.24) is 15.5 Å². The minimum atomic E-state index is -4.40. The predicted molar refractivity (Wildman–Crippen MR) is 97.7 cm³/mol. The second-order valence-electron chi connectivity index (χ2n) is 9.07. The average molecular weight is 425 g/mol. The molecule has 0 aromatic heterocycles. The summed E-state index contributed by atoms with van der Waals surface area (Å²) < 4.78 is 39.7. The van der Waals surface area contributed by atoms with Crippen LogP contribution in [0.2, 0.25) is 0 Å². The van der Waals surface area contributed by atoms with E-state index in [0.29, 0.717) is 5.56 Å². The molecule has 2 aliphatic carbocycles. The van der Waals surface area contributed by atoms with Gasteiger partial charge >= 0.3 is 12.2 Å². The van der Waals surface area contributed by atoms with Gasteiger partial charge in [-0.15, -0.1) is 0 Å². The Morgan fingerprint density at radius 1 is 1.20 bits per heavy atom. The summed E-state index contributed by atoms with van der Waals surface area (Å²) in [5.74, 6) is -0.494. The lowest BCUT2D eigenvalue weighted by atomic mass is 9.46. The van der Waals surface area contributed by atoms with Gasteiger partial charge in [-0.2, -0.15) is 13.2 Å². The van der Waals surface area contributed by atoms with Gasteiger partial charge < -0.3 is 15.5 Å². The van der Waals surface area contributed by atoms with Crippen molar-refractivity contribution in [3.63, 3.8) is 0 Å². The van der Waals surface area contributed by atoms with E-state index in [4.69, 9.17) is 0 Å². The molecule has 1 saturated carbocycles. The van der Waals surface area contributed by atoms with Crippen LogP contribution in [0.4, 0.5) is 18.0 Å². The van der Waals surface area contributed by atoms with Gasteiger partial charge in [0.2, 0.25) is 0 Å². The lowest BCUT2D eigenvalue weighted by molar-refractivity contribution is -0.209. The third-order valence-corrected chi connectivity index (χ3v) is 7.60. The second kappa shape index (κ2) is 5.88. The number of hydrogen-bond donors (Lipinski definition) is 4. The van der Waals surface area contributed by atoms with E-state index in [2.05, 4.69) is 10.6 Å². The predicted octanol–water partition coefficient (Wildman–Crippen LogP) is 1.32. The van der Waals surface area contributed by atoms with E-state index in [-0.39, 0.29) is 44.4 Å². The molecule has 3 amide bonds. The Labute approximate surface area is 170 Å². The highest BCUT2D eigenvalue weighted by atomic mass is 19.4. The number of halogens is 3. The zero-order chi connectivity index (χ0) is 21.5. The normalized spacial score (nSPS) is 38.1. The molecule has 0 unspecified atom stereocenters. The SMILES string of the molecule is O=C1NC(=O)[C@@]2(CC[C@@]3(O)[C@H]4Cc5ccc(O)cc5[C@@]3(CCN4CC(F)(F)F)C2)N1. The molecular formula is C20H22F3N3O4. The number of carbonyl (C=O) groups is 2. The van der Waals surface area contributed by atoms with Crippen LogP contribution < -0.4 is 10.6 Å². The summed E-state index contributed by atoms with van der Waals surface area (Å²) >= 11 is 0. The number of amides is 3. The van der Waals surface area contributed by atoms with E-state index in [1.165, 1.54) is 11.0 Å². The first kappa shape index (κ1) is 19.6. The molecule has 10 heteroatoms. The highest BCUT2D eigenvalue weighted by Gasteiger charge is 2.69. The summed E-state index contributed by atoms with van der Waals surface area (Å²) in [6.45, 7) is -1.03. The van der Waals surface area contributed by atoms with Crippen molar-refractivity contribution in [2.24, 2.45) is 0 Å². The van der Waals surface area contributed by atoms with E-state index in [1.807, 2.05) is 0 Å². The van der Waals surface area contributed by atoms with Gasteiger partial charge in [0.1, 0.15) is 11.3 Å². The molecule has 7 nitrogen and oxygen atoms in total. The number of nitrogens with one attached hydrogen (secondary N) is 2. The monoisotopic (exact) mass is 425 g/mol. The van der Waals surface area contributed by atoms with Crippen molar-refractivity contribution in [3.05, 3.63) is 29.3 Å². The number of rotatable bonds is 1. The van der Waals surface area contributed by atoms with Crippen molar-refractivity contribution >= 4 is 11.9 Å². The number of nitrogens with zero attached hydrogens (tertiary/aromatic N) is 1. The molecule has 1 aromatic carbocycles. The van der Waals surface area contributed by atoms with Crippen LogP contribution in [0.1, 0.15) is 36.8 Å². The van der Waals surface area contributed by atoms with Gasteiger partial charge in [0.25, 0.3) is 5.91 Å². The molecule has 2 heterocycles. The van der Waals surface area contributed by atoms with Crippen LogP contribution in [0, 0.1) is 0 Å². The fourth-order valence-corrected chi connectivity index (χ4v) is 6.39. The number of piperidine rings is 1. The van der Waals surface area contributed by atoms with Gasteiger partial charge in [-0.3, -0.25) is 15.0 Å². The van der Waals surface area contributed by atoms with Crippen molar-refractivity contribution in [2.75, 3.05) is 13.1 Å². The highest BCUT2D eigenvalue weighted by Crippen LogP contribution is 2.60. The first-order valence-electron chi connectivity index (χ1n) is 9.97.